The lowest BCUT2D eigenvalue weighted by molar-refractivity contribution is 0.660. The third-order valence-electron chi connectivity index (χ3n) is 10.2. The van der Waals surface area contributed by atoms with Crippen molar-refractivity contribution in [2.75, 3.05) is 25.0 Å². The minimum absolute atomic E-state index is 0.00573. The molecule has 2 nitrogen and oxygen atoms in total. The number of hydrogen-bond acceptors (Lipinski definition) is 2. The van der Waals surface area contributed by atoms with Crippen LogP contribution in [0.2, 0.25) is 0 Å². The quantitative estimate of drug-likeness (QED) is 0.235. The molecule has 1 spiro atoms. The maximum atomic E-state index is 6.12. The van der Waals surface area contributed by atoms with E-state index in [0.717, 1.165) is 6.54 Å². The molecule has 5 aromatic carbocycles. The molecule has 0 saturated heterocycles. The average Bonchev–Trinajstić information content (AvgIpc) is 3.58. The van der Waals surface area contributed by atoms with Gasteiger partial charge in [-0.25, -0.2) is 0 Å². The van der Waals surface area contributed by atoms with Crippen molar-refractivity contribution >= 4 is 11.3 Å². The Morgan fingerprint density at radius 3 is 1.70 bits per heavy atom. The van der Waals surface area contributed by atoms with Crippen molar-refractivity contribution in [3.05, 3.63) is 166 Å². The third-order valence-corrected chi connectivity index (χ3v) is 10.2. The number of nitrogens with two attached hydrogens (primary N) is 1. The Hall–Kier alpha value is -4.66. The minimum Gasteiger partial charge on any atom is -0.370 e. The Bertz CT molecular complexity index is 1940. The summed E-state index contributed by atoms with van der Waals surface area (Å²) in [5.74, 6) is 0. The molecule has 0 unspecified atom stereocenters. The van der Waals surface area contributed by atoms with Crippen molar-refractivity contribution in [1.82, 2.24) is 0 Å². The minimum atomic E-state index is -0.369. The highest BCUT2D eigenvalue weighted by Gasteiger charge is 2.52. The molecule has 210 valence electrons. The second-order valence-electron chi connectivity index (χ2n) is 12.7. The van der Waals surface area contributed by atoms with Crippen LogP contribution in [0.3, 0.4) is 0 Å². The Morgan fingerprint density at radius 1 is 0.605 bits per heavy atom. The number of benzene rings is 5. The number of anilines is 1. The summed E-state index contributed by atoms with van der Waals surface area (Å²) in [7, 11) is 2.23. The molecule has 2 N–H and O–H groups in total. The van der Waals surface area contributed by atoms with E-state index >= 15 is 0 Å². The van der Waals surface area contributed by atoms with E-state index in [1.807, 2.05) is 0 Å². The molecule has 5 aromatic rings. The van der Waals surface area contributed by atoms with Gasteiger partial charge in [0, 0.05) is 31.2 Å². The van der Waals surface area contributed by atoms with Gasteiger partial charge in [-0.2, -0.15) is 0 Å². The molecule has 3 aliphatic carbocycles. The number of likely N-dealkylation sites (N-methyl/N-ethyl adjacent to an activating group) is 1. The van der Waals surface area contributed by atoms with Gasteiger partial charge in [0.1, 0.15) is 0 Å². The standard InChI is InChI=1S/C41H36N2/c1-40(2)34-17-8-4-15-30(34)32-25-27(22-23-35(32)40)43(3)26-33-31-16-7-11-20-38(31)41(39(33)21-12-24-42)36-18-9-5-13-28(36)29-14-6-10-19-37(29)41/h4-23,25H,24,26,42H2,1-3H3. The molecule has 0 aliphatic heterocycles. The van der Waals surface area contributed by atoms with Crippen molar-refractivity contribution in [3.8, 4) is 22.3 Å². The van der Waals surface area contributed by atoms with Crippen LogP contribution in [0.15, 0.2) is 133 Å². The maximum Gasteiger partial charge on any atom is 0.0722 e. The Morgan fingerprint density at radius 2 is 1.09 bits per heavy atom. The van der Waals surface area contributed by atoms with Gasteiger partial charge >= 0.3 is 0 Å². The highest BCUT2D eigenvalue weighted by molar-refractivity contribution is 5.96. The maximum absolute atomic E-state index is 6.12. The van der Waals surface area contributed by atoms with Crippen LogP contribution in [0, 0.1) is 0 Å². The molecule has 0 saturated carbocycles. The summed E-state index contributed by atoms with van der Waals surface area (Å²) >= 11 is 0. The summed E-state index contributed by atoms with van der Waals surface area (Å²) in [4.78, 5) is 2.42. The first kappa shape index (κ1) is 26.0. The molecule has 0 fully saturated rings. The van der Waals surface area contributed by atoms with Crippen LogP contribution in [0.1, 0.15) is 47.2 Å². The first-order valence-corrected chi connectivity index (χ1v) is 15.3. The Kier molecular flexibility index (Phi) is 5.70. The average molecular weight is 557 g/mol. The van der Waals surface area contributed by atoms with Crippen molar-refractivity contribution < 1.29 is 0 Å². The smallest absolute Gasteiger partial charge is 0.0722 e. The monoisotopic (exact) mass is 556 g/mol. The van der Waals surface area contributed by atoms with Gasteiger partial charge in [-0.3, -0.25) is 0 Å². The first-order valence-electron chi connectivity index (χ1n) is 15.3. The van der Waals surface area contributed by atoms with Gasteiger partial charge < -0.3 is 10.6 Å². The van der Waals surface area contributed by atoms with E-state index < -0.39 is 0 Å². The summed E-state index contributed by atoms with van der Waals surface area (Å²) < 4.78 is 0. The zero-order valence-corrected chi connectivity index (χ0v) is 25.1. The van der Waals surface area contributed by atoms with Crippen LogP contribution in [0.4, 0.5) is 5.69 Å². The number of nitrogens with zero attached hydrogens (tertiary/aromatic N) is 1. The SMILES string of the molecule is CN(CC1=C(C=CCN)C2(c3ccccc31)c1ccccc1-c1ccccc12)c1ccc2c(c1)-c1ccccc1C2(C)C. The predicted molar refractivity (Wildman–Crippen MR) is 181 cm³/mol. The Labute approximate surface area is 254 Å². The normalized spacial score (nSPS) is 16.3. The van der Waals surface area contributed by atoms with Crippen LogP contribution in [0.25, 0.3) is 27.8 Å². The van der Waals surface area contributed by atoms with Crippen LogP contribution in [-0.4, -0.2) is 20.1 Å². The van der Waals surface area contributed by atoms with E-state index in [1.54, 1.807) is 0 Å². The van der Waals surface area contributed by atoms with Gasteiger partial charge in [0.25, 0.3) is 0 Å². The molecule has 0 atom stereocenters. The van der Waals surface area contributed by atoms with Crippen molar-refractivity contribution in [3.63, 3.8) is 0 Å². The second-order valence-corrected chi connectivity index (χ2v) is 12.7. The topological polar surface area (TPSA) is 29.3 Å². The highest BCUT2D eigenvalue weighted by atomic mass is 15.1. The van der Waals surface area contributed by atoms with Gasteiger partial charge in [0.05, 0.1) is 5.41 Å². The molecule has 2 heteroatoms. The fourth-order valence-electron chi connectivity index (χ4n) is 8.26. The number of rotatable bonds is 5. The zero-order valence-electron chi connectivity index (χ0n) is 25.1. The summed E-state index contributed by atoms with van der Waals surface area (Å²) in [6, 6.07) is 42.9. The van der Waals surface area contributed by atoms with Crippen molar-refractivity contribution in [2.24, 2.45) is 5.73 Å². The van der Waals surface area contributed by atoms with Crippen LogP contribution in [0.5, 0.6) is 0 Å². The number of hydrogen-bond donors (Lipinski definition) is 1. The second kappa shape index (κ2) is 9.42. The number of fused-ring (bicyclic) bond motifs is 10. The first-order chi connectivity index (χ1) is 21.0. The van der Waals surface area contributed by atoms with E-state index in [0.29, 0.717) is 6.54 Å². The van der Waals surface area contributed by atoms with Gasteiger partial charge in [0.2, 0.25) is 0 Å². The van der Waals surface area contributed by atoms with Gasteiger partial charge in [-0.15, -0.1) is 0 Å². The van der Waals surface area contributed by atoms with E-state index in [1.165, 1.54) is 72.5 Å². The van der Waals surface area contributed by atoms with E-state index in [2.05, 4.69) is 153 Å². The largest absolute Gasteiger partial charge is 0.370 e. The lowest BCUT2D eigenvalue weighted by atomic mass is 9.69. The molecule has 0 aromatic heterocycles. The van der Waals surface area contributed by atoms with E-state index in [9.17, 15) is 0 Å². The lowest BCUT2D eigenvalue weighted by Crippen LogP contribution is -2.27. The molecule has 43 heavy (non-hydrogen) atoms. The summed E-state index contributed by atoms with van der Waals surface area (Å²) in [6.45, 7) is 5.97. The molecule has 0 radical (unpaired) electrons. The van der Waals surface area contributed by atoms with Gasteiger partial charge in [-0.1, -0.05) is 129 Å². The van der Waals surface area contributed by atoms with Gasteiger partial charge in [-0.05, 0) is 78.9 Å². The van der Waals surface area contributed by atoms with Crippen LogP contribution >= 0.6 is 0 Å². The van der Waals surface area contributed by atoms with E-state index in [-0.39, 0.29) is 10.8 Å². The summed E-state index contributed by atoms with van der Waals surface area (Å²) in [5, 5.41) is 0. The summed E-state index contributed by atoms with van der Waals surface area (Å²) in [5.41, 5.74) is 23.2. The highest BCUT2D eigenvalue weighted by Crippen LogP contribution is 2.62. The predicted octanol–water partition coefficient (Wildman–Crippen LogP) is 8.73. The third kappa shape index (κ3) is 3.45. The van der Waals surface area contributed by atoms with Crippen LogP contribution in [-0.2, 0) is 10.8 Å². The lowest BCUT2D eigenvalue weighted by Gasteiger charge is -2.32. The molecular weight excluding hydrogens is 520 g/mol. The van der Waals surface area contributed by atoms with Crippen LogP contribution < -0.4 is 10.6 Å². The molecule has 0 bridgehead atoms. The van der Waals surface area contributed by atoms with Gasteiger partial charge in [0.15, 0.2) is 0 Å². The summed E-state index contributed by atoms with van der Waals surface area (Å²) in [6.07, 6.45) is 4.43. The van der Waals surface area contributed by atoms with Crippen molar-refractivity contribution in [1.29, 1.82) is 0 Å². The molecule has 3 aliphatic rings. The number of allylic oxidation sites excluding steroid dienone is 2. The molecule has 0 amide bonds. The molecular formula is C41H36N2. The van der Waals surface area contributed by atoms with Crippen molar-refractivity contribution in [2.45, 2.75) is 24.7 Å². The molecule has 0 heterocycles. The van der Waals surface area contributed by atoms with E-state index in [4.69, 9.17) is 5.73 Å². The zero-order chi connectivity index (χ0) is 29.3. The Balaban J connectivity index is 1.31. The fraction of sp³-hybridized carbons (Fsp3) is 0.171. The molecule has 8 rings (SSSR count). The fourth-order valence-corrected chi connectivity index (χ4v) is 8.26.